The van der Waals surface area contributed by atoms with Crippen molar-refractivity contribution >= 4 is 57.2 Å². The molecule has 0 aliphatic heterocycles. The maximum Gasteiger partial charge on any atom is 0.407 e. The van der Waals surface area contributed by atoms with Crippen LogP contribution in [-0.4, -0.2) is 34.9 Å². The molecule has 39 heavy (non-hydrogen) atoms. The van der Waals surface area contributed by atoms with Gasteiger partial charge in [0.25, 0.3) is 0 Å². The largest absolute Gasteiger partial charge is 0.508 e. The van der Waals surface area contributed by atoms with Gasteiger partial charge >= 0.3 is 12.1 Å². The van der Waals surface area contributed by atoms with E-state index in [0.717, 1.165) is 35.0 Å². The molecule has 0 saturated heterocycles. The van der Waals surface area contributed by atoms with Gasteiger partial charge in [-0.2, -0.15) is 0 Å². The number of carboxylic acids is 1. The molecule has 198 valence electrons. The molecule has 0 bridgehead atoms. The number of aromatic hydroxyl groups is 1. The fourth-order valence-corrected chi connectivity index (χ4v) is 6.80. The molecule has 1 aliphatic rings. The fourth-order valence-electron chi connectivity index (χ4n) is 4.68. The van der Waals surface area contributed by atoms with Crippen molar-refractivity contribution in [3.8, 4) is 28.4 Å². The van der Waals surface area contributed by atoms with E-state index in [1.807, 2.05) is 48.5 Å². The number of benzene rings is 4. The number of phenols is 1. The highest BCUT2D eigenvalue weighted by Crippen LogP contribution is 2.44. The van der Waals surface area contributed by atoms with Gasteiger partial charge in [0.05, 0.1) is 7.14 Å². The van der Waals surface area contributed by atoms with Gasteiger partial charge in [-0.15, -0.1) is 0 Å². The summed E-state index contributed by atoms with van der Waals surface area (Å²) >= 11 is 4.26. The summed E-state index contributed by atoms with van der Waals surface area (Å²) in [7, 11) is 0. The predicted molar refractivity (Wildman–Crippen MR) is 163 cm³/mol. The van der Waals surface area contributed by atoms with Crippen LogP contribution in [0.5, 0.6) is 17.2 Å². The topological polar surface area (TPSA) is 105 Å². The Morgan fingerprint density at radius 2 is 1.44 bits per heavy atom. The van der Waals surface area contributed by atoms with Gasteiger partial charge in [0.15, 0.2) is 5.75 Å². The normalized spacial score (nSPS) is 12.8. The van der Waals surface area contributed by atoms with Gasteiger partial charge in [-0.05, 0) is 109 Å². The Hall–Kier alpha value is -3.32. The Bertz CT molecular complexity index is 1470. The lowest BCUT2D eigenvalue weighted by atomic mass is 9.98. The van der Waals surface area contributed by atoms with Crippen LogP contribution >= 0.6 is 45.2 Å². The molecule has 3 N–H and O–H groups in total. The highest BCUT2D eigenvalue weighted by Gasteiger charge is 2.30. The average molecular weight is 747 g/mol. The monoisotopic (exact) mass is 747 g/mol. The van der Waals surface area contributed by atoms with E-state index in [1.54, 1.807) is 12.1 Å². The van der Waals surface area contributed by atoms with Gasteiger partial charge in [-0.25, -0.2) is 9.59 Å². The van der Waals surface area contributed by atoms with Gasteiger partial charge in [-0.1, -0.05) is 48.5 Å². The second-order valence-electron chi connectivity index (χ2n) is 9.05. The molecule has 0 aromatic heterocycles. The number of nitrogens with one attached hydrogen (secondary N) is 1. The first-order chi connectivity index (χ1) is 18.8. The van der Waals surface area contributed by atoms with Crippen LogP contribution in [-0.2, 0) is 16.0 Å². The molecule has 0 heterocycles. The van der Waals surface area contributed by atoms with E-state index in [0.29, 0.717) is 11.5 Å². The molecule has 4 aromatic rings. The van der Waals surface area contributed by atoms with Crippen LogP contribution in [0.2, 0.25) is 0 Å². The second kappa shape index (κ2) is 11.8. The number of rotatable bonds is 8. The third-order valence-electron chi connectivity index (χ3n) is 6.49. The van der Waals surface area contributed by atoms with Crippen molar-refractivity contribution in [2.24, 2.45) is 0 Å². The van der Waals surface area contributed by atoms with Crippen LogP contribution in [0.25, 0.3) is 11.1 Å². The lowest BCUT2D eigenvalue weighted by Gasteiger charge is -2.18. The van der Waals surface area contributed by atoms with Crippen molar-refractivity contribution in [1.29, 1.82) is 0 Å². The number of aliphatic carboxylic acids is 1. The number of halogens is 2. The van der Waals surface area contributed by atoms with Crippen molar-refractivity contribution in [2.75, 3.05) is 6.61 Å². The van der Waals surface area contributed by atoms with Crippen LogP contribution in [0.4, 0.5) is 4.79 Å². The number of carboxylic acid groups (broad SMARTS) is 1. The van der Waals surface area contributed by atoms with Crippen LogP contribution in [0, 0.1) is 7.14 Å². The number of carbonyl (C=O) groups excluding carboxylic acids is 1. The van der Waals surface area contributed by atoms with Gasteiger partial charge in [-0.3, -0.25) is 0 Å². The number of ether oxygens (including phenoxy) is 2. The summed E-state index contributed by atoms with van der Waals surface area (Å²) in [5.74, 6) is 0.0677. The molecule has 9 heteroatoms. The zero-order valence-corrected chi connectivity index (χ0v) is 24.8. The Kier molecular flexibility index (Phi) is 8.26. The molecule has 1 aliphatic carbocycles. The number of hydrogen-bond donors (Lipinski definition) is 3. The summed E-state index contributed by atoms with van der Waals surface area (Å²) in [4.78, 5) is 24.7. The quantitative estimate of drug-likeness (QED) is 0.169. The number of hydrogen-bond acceptors (Lipinski definition) is 5. The molecule has 1 unspecified atom stereocenters. The zero-order chi connectivity index (χ0) is 27.5. The molecule has 1 amide bonds. The maximum absolute atomic E-state index is 12.7. The van der Waals surface area contributed by atoms with Crippen molar-refractivity contribution < 1.29 is 29.3 Å². The van der Waals surface area contributed by atoms with E-state index in [1.165, 1.54) is 12.1 Å². The van der Waals surface area contributed by atoms with Gasteiger partial charge in [0, 0.05) is 12.3 Å². The first-order valence-electron chi connectivity index (χ1n) is 12.1. The molecule has 0 fully saturated rings. The van der Waals surface area contributed by atoms with Gasteiger partial charge in [0.1, 0.15) is 24.1 Å². The summed E-state index contributed by atoms with van der Waals surface area (Å²) in [6.45, 7) is 0.102. The Morgan fingerprint density at radius 3 is 2.00 bits per heavy atom. The molecule has 1 atom stereocenters. The zero-order valence-electron chi connectivity index (χ0n) is 20.4. The number of fused-ring (bicyclic) bond motifs is 3. The maximum atomic E-state index is 12.7. The number of amides is 1. The van der Waals surface area contributed by atoms with Gasteiger partial charge in [0.2, 0.25) is 0 Å². The average Bonchev–Trinajstić information content (AvgIpc) is 3.24. The summed E-state index contributed by atoms with van der Waals surface area (Å²) in [6.07, 6.45) is -0.702. The standard InChI is InChI=1S/C30H23I2NO6/c31-25-13-17(14-26(32)28(25)39-19-11-9-18(34)10-12-19)15-27(29(35)36)33-30(37)38-16-24-22-7-3-1-5-20(22)21-6-2-4-8-23(21)24/h1-14,24,27,34H,15-16H2,(H,33,37)(H,35,36). The summed E-state index contributed by atoms with van der Waals surface area (Å²) in [5, 5.41) is 21.8. The summed E-state index contributed by atoms with van der Waals surface area (Å²) in [5.41, 5.74) is 5.13. The third kappa shape index (κ3) is 6.14. The predicted octanol–water partition coefficient (Wildman–Crippen LogP) is 6.93. The molecular weight excluding hydrogens is 724 g/mol. The number of alkyl carbamates (subject to hydrolysis) is 1. The first kappa shape index (κ1) is 27.3. The highest BCUT2D eigenvalue weighted by molar-refractivity contribution is 14.1. The summed E-state index contributed by atoms with van der Waals surface area (Å²) < 4.78 is 13.1. The van der Waals surface area contributed by atoms with E-state index < -0.39 is 18.1 Å². The molecule has 0 radical (unpaired) electrons. The van der Waals surface area contributed by atoms with Crippen LogP contribution in [0.1, 0.15) is 22.6 Å². The molecule has 4 aromatic carbocycles. The lowest BCUT2D eigenvalue weighted by Crippen LogP contribution is -2.43. The highest BCUT2D eigenvalue weighted by atomic mass is 127. The van der Waals surface area contributed by atoms with Crippen LogP contribution < -0.4 is 10.1 Å². The Morgan fingerprint density at radius 1 is 0.872 bits per heavy atom. The molecule has 0 spiro atoms. The lowest BCUT2D eigenvalue weighted by molar-refractivity contribution is -0.139. The smallest absolute Gasteiger partial charge is 0.407 e. The minimum Gasteiger partial charge on any atom is -0.508 e. The van der Waals surface area contributed by atoms with Crippen LogP contribution in [0.15, 0.2) is 84.9 Å². The molecule has 7 nitrogen and oxygen atoms in total. The van der Waals surface area contributed by atoms with E-state index in [2.05, 4.69) is 62.6 Å². The molecule has 5 rings (SSSR count). The van der Waals surface area contributed by atoms with Crippen molar-refractivity contribution in [3.63, 3.8) is 0 Å². The third-order valence-corrected chi connectivity index (χ3v) is 8.09. The first-order valence-corrected chi connectivity index (χ1v) is 14.2. The van der Waals surface area contributed by atoms with Crippen molar-refractivity contribution in [1.82, 2.24) is 5.32 Å². The fraction of sp³-hybridized carbons (Fsp3) is 0.133. The molecular formula is C30H23I2NO6. The van der Waals surface area contributed by atoms with Crippen molar-refractivity contribution in [3.05, 3.63) is 109 Å². The van der Waals surface area contributed by atoms with Gasteiger partial charge < -0.3 is 25.0 Å². The van der Waals surface area contributed by atoms with E-state index in [9.17, 15) is 19.8 Å². The number of carbonyl (C=O) groups is 2. The van der Waals surface area contributed by atoms with E-state index in [-0.39, 0.29) is 24.7 Å². The summed E-state index contributed by atoms with van der Waals surface area (Å²) in [6, 6.07) is 24.9. The second-order valence-corrected chi connectivity index (χ2v) is 11.4. The van der Waals surface area contributed by atoms with E-state index in [4.69, 9.17) is 9.47 Å². The number of phenolic OH excluding ortho intramolecular Hbond substituents is 1. The van der Waals surface area contributed by atoms with Crippen molar-refractivity contribution in [2.45, 2.75) is 18.4 Å². The Labute approximate surface area is 252 Å². The minimum atomic E-state index is -1.17. The molecule has 0 saturated carbocycles. The SMILES string of the molecule is O=C(NC(Cc1cc(I)c(Oc2ccc(O)cc2)c(I)c1)C(=O)O)OCC1c2ccccc2-c2ccccc21. The van der Waals surface area contributed by atoms with Crippen LogP contribution in [0.3, 0.4) is 0 Å². The Balaban J connectivity index is 1.24. The minimum absolute atomic E-state index is 0.0744. The van der Waals surface area contributed by atoms with E-state index >= 15 is 0 Å².